The molecule has 7 heteroatoms. The number of carbonyl (C=O) groups is 2. The van der Waals surface area contributed by atoms with E-state index in [9.17, 15) is 19.5 Å². The van der Waals surface area contributed by atoms with Crippen molar-refractivity contribution in [3.05, 3.63) is 82.0 Å². The molecule has 32 heavy (non-hydrogen) atoms. The van der Waals surface area contributed by atoms with E-state index in [1.54, 1.807) is 0 Å². The van der Waals surface area contributed by atoms with Gasteiger partial charge in [0.15, 0.2) is 5.43 Å². The molecule has 0 aliphatic heterocycles. The molecule has 3 rings (SSSR count). The van der Waals surface area contributed by atoms with Gasteiger partial charge in [-0.25, -0.2) is 4.79 Å². The molecule has 0 radical (unpaired) electrons. The molecule has 3 aromatic rings. The van der Waals surface area contributed by atoms with Crippen molar-refractivity contribution in [2.75, 3.05) is 0 Å². The first-order valence-corrected chi connectivity index (χ1v) is 10.6. The standard InChI is InChI=1S/C25H28N2O5/c1-15(2)21(23(29)20-19(22(20)28)18-12-8-5-9-13-18)27-24(30)16(3)26-25(31)32-14-17-10-6-4-7-11-17/h4-13,15-16,21,23,29H,14H2,1-3H3,(H,26,31)(H,27,30)/t16?,21-,23?/m0/s1. The predicted octanol–water partition coefficient (Wildman–Crippen LogP) is 3.08. The number of alkyl carbamates (subject to hydrolysis) is 1. The van der Waals surface area contributed by atoms with Gasteiger partial charge in [-0.2, -0.15) is 0 Å². The fraction of sp³-hybridized carbons (Fsp3) is 0.320. The summed E-state index contributed by atoms with van der Waals surface area (Å²) < 4.78 is 5.14. The molecule has 0 saturated heterocycles. The minimum Gasteiger partial charge on any atom is -0.445 e. The van der Waals surface area contributed by atoms with Crippen molar-refractivity contribution in [3.8, 4) is 11.1 Å². The van der Waals surface area contributed by atoms with Gasteiger partial charge in [0.05, 0.1) is 6.04 Å². The third-order valence-electron chi connectivity index (χ3n) is 5.34. The number of nitrogens with one attached hydrogen (secondary N) is 2. The number of aliphatic hydroxyl groups is 1. The third-order valence-corrected chi connectivity index (χ3v) is 5.34. The van der Waals surface area contributed by atoms with E-state index in [2.05, 4.69) is 10.6 Å². The first-order valence-electron chi connectivity index (χ1n) is 10.6. The number of amides is 2. The van der Waals surface area contributed by atoms with Crippen LogP contribution in [0, 0.1) is 5.92 Å². The Hall–Kier alpha value is -3.45. The number of hydrogen-bond donors (Lipinski definition) is 3. The lowest BCUT2D eigenvalue weighted by Gasteiger charge is -2.27. The van der Waals surface area contributed by atoms with Crippen LogP contribution in [-0.4, -0.2) is 29.2 Å². The summed E-state index contributed by atoms with van der Waals surface area (Å²) in [6.45, 7) is 5.30. The van der Waals surface area contributed by atoms with Crippen molar-refractivity contribution < 1.29 is 19.4 Å². The Labute approximate surface area is 187 Å². The molecule has 0 saturated carbocycles. The molecule has 3 aromatic carbocycles. The molecule has 2 amide bonds. The molecule has 0 heterocycles. The van der Waals surface area contributed by atoms with Gasteiger partial charge in [-0.3, -0.25) is 9.59 Å². The van der Waals surface area contributed by atoms with Crippen LogP contribution in [0.5, 0.6) is 0 Å². The van der Waals surface area contributed by atoms with Gasteiger partial charge in [0, 0.05) is 11.1 Å². The van der Waals surface area contributed by atoms with Crippen LogP contribution >= 0.6 is 0 Å². The summed E-state index contributed by atoms with van der Waals surface area (Å²) in [5, 5.41) is 16.1. The van der Waals surface area contributed by atoms with Crippen molar-refractivity contribution in [1.29, 1.82) is 0 Å². The molecule has 3 atom stereocenters. The van der Waals surface area contributed by atoms with Crippen molar-refractivity contribution in [3.63, 3.8) is 0 Å². The second-order valence-electron chi connectivity index (χ2n) is 8.13. The lowest BCUT2D eigenvalue weighted by Crippen LogP contribution is -2.51. The van der Waals surface area contributed by atoms with Crippen molar-refractivity contribution >= 4 is 12.0 Å². The minimum absolute atomic E-state index is 0.0902. The van der Waals surface area contributed by atoms with E-state index < -0.39 is 30.2 Å². The maximum atomic E-state index is 12.7. The van der Waals surface area contributed by atoms with E-state index in [1.165, 1.54) is 6.92 Å². The second-order valence-corrected chi connectivity index (χ2v) is 8.13. The average molecular weight is 437 g/mol. The Morgan fingerprint density at radius 2 is 1.53 bits per heavy atom. The minimum atomic E-state index is -1.14. The lowest BCUT2D eigenvalue weighted by atomic mass is 9.95. The normalized spacial score (nSPS) is 14.0. The predicted molar refractivity (Wildman–Crippen MR) is 121 cm³/mol. The Kier molecular flexibility index (Phi) is 7.43. The molecular weight excluding hydrogens is 408 g/mol. The van der Waals surface area contributed by atoms with Crippen LogP contribution in [0.3, 0.4) is 0 Å². The van der Waals surface area contributed by atoms with Crippen LogP contribution in [0.25, 0.3) is 11.1 Å². The summed E-state index contributed by atoms with van der Waals surface area (Å²) in [6.07, 6.45) is -1.86. The van der Waals surface area contributed by atoms with Crippen LogP contribution in [0.4, 0.5) is 4.79 Å². The molecule has 0 aliphatic rings. The highest BCUT2D eigenvalue weighted by atomic mass is 16.5. The summed E-state index contributed by atoms with van der Waals surface area (Å²) >= 11 is 0. The van der Waals surface area contributed by atoms with Crippen LogP contribution in [0.15, 0.2) is 65.5 Å². The van der Waals surface area contributed by atoms with E-state index >= 15 is 0 Å². The van der Waals surface area contributed by atoms with Gasteiger partial charge in [-0.1, -0.05) is 74.5 Å². The monoisotopic (exact) mass is 436 g/mol. The molecule has 0 bridgehead atoms. The molecule has 0 aromatic heterocycles. The zero-order valence-electron chi connectivity index (χ0n) is 18.4. The van der Waals surface area contributed by atoms with Gasteiger partial charge >= 0.3 is 6.09 Å². The zero-order chi connectivity index (χ0) is 23.3. The van der Waals surface area contributed by atoms with Crippen LogP contribution < -0.4 is 16.1 Å². The largest absolute Gasteiger partial charge is 0.445 e. The highest BCUT2D eigenvalue weighted by Gasteiger charge is 2.37. The number of hydrogen-bond acceptors (Lipinski definition) is 5. The first-order chi connectivity index (χ1) is 15.3. The fourth-order valence-corrected chi connectivity index (χ4v) is 3.44. The topological polar surface area (TPSA) is 105 Å². The summed E-state index contributed by atoms with van der Waals surface area (Å²) in [5.74, 6) is -0.626. The van der Waals surface area contributed by atoms with Crippen molar-refractivity contribution in [2.24, 2.45) is 5.92 Å². The summed E-state index contributed by atoms with van der Waals surface area (Å²) in [4.78, 5) is 37.0. The number of aliphatic hydroxyl groups excluding tert-OH is 1. The van der Waals surface area contributed by atoms with E-state index in [4.69, 9.17) is 4.74 Å². The lowest BCUT2D eigenvalue weighted by molar-refractivity contribution is -0.124. The van der Waals surface area contributed by atoms with E-state index in [0.717, 1.165) is 11.1 Å². The molecule has 7 nitrogen and oxygen atoms in total. The van der Waals surface area contributed by atoms with Crippen LogP contribution in [0.1, 0.15) is 38.0 Å². The Bertz CT molecular complexity index is 1050. The smallest absolute Gasteiger partial charge is 0.408 e. The van der Waals surface area contributed by atoms with E-state index in [-0.39, 0.29) is 18.0 Å². The number of rotatable bonds is 9. The molecule has 0 spiro atoms. The van der Waals surface area contributed by atoms with Crippen LogP contribution in [0.2, 0.25) is 0 Å². The highest BCUT2D eigenvalue weighted by molar-refractivity contribution is 5.85. The Morgan fingerprint density at radius 1 is 0.938 bits per heavy atom. The summed E-state index contributed by atoms with van der Waals surface area (Å²) in [7, 11) is 0. The van der Waals surface area contributed by atoms with E-state index in [1.807, 2.05) is 74.5 Å². The van der Waals surface area contributed by atoms with Gasteiger partial charge in [0.1, 0.15) is 18.8 Å². The molecule has 0 fully saturated rings. The van der Waals surface area contributed by atoms with Gasteiger partial charge in [0.25, 0.3) is 0 Å². The first kappa shape index (κ1) is 23.2. The molecule has 3 N–H and O–H groups in total. The maximum Gasteiger partial charge on any atom is 0.408 e. The summed E-state index contributed by atoms with van der Waals surface area (Å²) in [5.41, 5.74) is 2.20. The molecule has 0 aliphatic carbocycles. The quantitative estimate of drug-likeness (QED) is 0.478. The second kappa shape index (κ2) is 10.2. The number of ether oxygens (including phenoxy) is 1. The molecule has 168 valence electrons. The number of benzene rings is 2. The fourth-order valence-electron chi connectivity index (χ4n) is 3.44. The van der Waals surface area contributed by atoms with Crippen molar-refractivity contribution in [1.82, 2.24) is 10.6 Å². The molecular formula is C25H28N2O5. The van der Waals surface area contributed by atoms with Gasteiger partial charge in [0.2, 0.25) is 5.91 Å². The van der Waals surface area contributed by atoms with Gasteiger partial charge in [-0.15, -0.1) is 0 Å². The maximum absolute atomic E-state index is 12.7. The molecule has 2 unspecified atom stereocenters. The third kappa shape index (κ3) is 5.62. The van der Waals surface area contributed by atoms with Gasteiger partial charge < -0.3 is 20.5 Å². The number of carbonyl (C=O) groups excluding carboxylic acids is 2. The summed E-state index contributed by atoms with van der Waals surface area (Å²) in [6, 6.07) is 16.7. The van der Waals surface area contributed by atoms with E-state index in [0.29, 0.717) is 11.1 Å². The van der Waals surface area contributed by atoms with Crippen LogP contribution in [-0.2, 0) is 16.1 Å². The average Bonchev–Trinajstić information content (AvgIpc) is 3.47. The Morgan fingerprint density at radius 3 is 2.12 bits per heavy atom. The highest BCUT2D eigenvalue weighted by Crippen LogP contribution is 2.33. The van der Waals surface area contributed by atoms with Gasteiger partial charge in [-0.05, 0) is 24.0 Å². The zero-order valence-corrected chi connectivity index (χ0v) is 18.4. The Balaban J connectivity index is 1.57. The van der Waals surface area contributed by atoms with Crippen molar-refractivity contribution in [2.45, 2.75) is 45.6 Å². The SMILES string of the molecule is CC(NC(=O)OCc1ccccc1)C(=O)N[C@@H](C(C)C)C(O)c1c(-c2ccccc2)c1=O.